The lowest BCUT2D eigenvalue weighted by Crippen LogP contribution is -2.06. The van der Waals surface area contributed by atoms with E-state index in [1.807, 2.05) is 37.4 Å². The van der Waals surface area contributed by atoms with Crippen LogP contribution in [0.15, 0.2) is 40.6 Å². The second-order valence-corrected chi connectivity index (χ2v) is 6.62. The van der Waals surface area contributed by atoms with Gasteiger partial charge in [-0.2, -0.15) is 8.42 Å². The molecule has 1 aromatic carbocycles. The molecule has 3 nitrogen and oxygen atoms in total. The quantitative estimate of drug-likeness (QED) is 0.877. The molecule has 0 aliphatic rings. The van der Waals surface area contributed by atoms with Crippen molar-refractivity contribution in [3.63, 3.8) is 0 Å². The van der Waals surface area contributed by atoms with Gasteiger partial charge in [0.05, 0.1) is 4.90 Å². The highest BCUT2D eigenvalue weighted by molar-refractivity contribution is 7.85. The van der Waals surface area contributed by atoms with E-state index in [4.69, 9.17) is 0 Å². The van der Waals surface area contributed by atoms with E-state index in [2.05, 4.69) is 0 Å². The van der Waals surface area contributed by atoms with Gasteiger partial charge in [0.25, 0.3) is 10.1 Å². The highest BCUT2D eigenvalue weighted by atomic mass is 32.2. The van der Waals surface area contributed by atoms with Crippen LogP contribution in [0.3, 0.4) is 0 Å². The van der Waals surface area contributed by atoms with Crippen molar-refractivity contribution >= 4 is 21.5 Å². The molecule has 1 unspecified atom stereocenters. The standard InChI is InChI=1S/C13H14O3S2/c1-9-5-6-13(18(14,15)16)11(8-9)10(2)12-4-3-7-17-12/h3-8,10H,1-2H3,(H,14,15,16). The largest absolute Gasteiger partial charge is 0.294 e. The maximum absolute atomic E-state index is 11.4. The van der Waals surface area contributed by atoms with Crippen LogP contribution in [0.1, 0.15) is 28.8 Å². The molecule has 2 rings (SSSR count). The summed E-state index contributed by atoms with van der Waals surface area (Å²) < 4.78 is 32.1. The third-order valence-corrected chi connectivity index (χ3v) is 4.86. The van der Waals surface area contributed by atoms with Crippen molar-refractivity contribution < 1.29 is 13.0 Å². The van der Waals surface area contributed by atoms with Crippen LogP contribution in [-0.4, -0.2) is 13.0 Å². The number of hydrogen-bond acceptors (Lipinski definition) is 3. The number of aryl methyl sites for hydroxylation is 1. The van der Waals surface area contributed by atoms with Gasteiger partial charge in [0.2, 0.25) is 0 Å². The van der Waals surface area contributed by atoms with Gasteiger partial charge in [-0.25, -0.2) is 0 Å². The lowest BCUT2D eigenvalue weighted by molar-refractivity contribution is 0.481. The van der Waals surface area contributed by atoms with Crippen molar-refractivity contribution in [2.45, 2.75) is 24.7 Å². The number of hydrogen-bond donors (Lipinski definition) is 1. The highest BCUT2D eigenvalue weighted by Gasteiger charge is 2.21. The van der Waals surface area contributed by atoms with E-state index in [-0.39, 0.29) is 10.8 Å². The monoisotopic (exact) mass is 282 g/mol. The average Bonchev–Trinajstić information content (AvgIpc) is 2.79. The summed E-state index contributed by atoms with van der Waals surface area (Å²) in [6, 6.07) is 8.86. The molecule has 0 saturated heterocycles. The van der Waals surface area contributed by atoms with Gasteiger partial charge < -0.3 is 0 Å². The molecule has 0 spiro atoms. The number of thiophene rings is 1. The lowest BCUT2D eigenvalue weighted by atomic mass is 9.98. The fourth-order valence-electron chi connectivity index (χ4n) is 1.93. The van der Waals surface area contributed by atoms with Crippen LogP contribution < -0.4 is 0 Å². The van der Waals surface area contributed by atoms with Crippen LogP contribution in [-0.2, 0) is 10.1 Å². The Balaban J connectivity index is 2.59. The highest BCUT2D eigenvalue weighted by Crippen LogP contribution is 2.32. The topological polar surface area (TPSA) is 54.4 Å². The van der Waals surface area contributed by atoms with Gasteiger partial charge in [-0.3, -0.25) is 4.55 Å². The summed E-state index contributed by atoms with van der Waals surface area (Å²) in [5, 5.41) is 1.95. The maximum atomic E-state index is 11.4. The molecule has 0 bridgehead atoms. The van der Waals surface area contributed by atoms with E-state index in [0.29, 0.717) is 5.56 Å². The summed E-state index contributed by atoms with van der Waals surface area (Å²) in [7, 11) is -4.18. The molecule has 0 fully saturated rings. The molecular weight excluding hydrogens is 268 g/mol. The predicted molar refractivity (Wildman–Crippen MR) is 72.8 cm³/mol. The van der Waals surface area contributed by atoms with Gasteiger partial charge >= 0.3 is 0 Å². The summed E-state index contributed by atoms with van der Waals surface area (Å²) in [5.41, 5.74) is 1.61. The second-order valence-electron chi connectivity index (χ2n) is 4.25. The van der Waals surface area contributed by atoms with Crippen molar-refractivity contribution in [1.82, 2.24) is 0 Å². The molecule has 0 radical (unpaired) electrons. The Morgan fingerprint density at radius 1 is 1.28 bits per heavy atom. The summed E-state index contributed by atoms with van der Waals surface area (Å²) >= 11 is 1.57. The van der Waals surface area contributed by atoms with Crippen LogP contribution in [0, 0.1) is 6.92 Å². The Morgan fingerprint density at radius 3 is 2.56 bits per heavy atom. The first-order chi connectivity index (χ1) is 8.39. The minimum Gasteiger partial charge on any atom is -0.282 e. The SMILES string of the molecule is Cc1ccc(S(=O)(=O)O)c(C(C)c2cccs2)c1. The third-order valence-electron chi connectivity index (χ3n) is 2.88. The zero-order valence-corrected chi connectivity index (χ0v) is 11.8. The van der Waals surface area contributed by atoms with Gasteiger partial charge in [0.15, 0.2) is 0 Å². The number of rotatable bonds is 3. The first-order valence-electron chi connectivity index (χ1n) is 5.51. The first kappa shape index (κ1) is 13.3. The maximum Gasteiger partial charge on any atom is 0.294 e. The molecule has 1 heterocycles. The molecular formula is C13H14O3S2. The van der Waals surface area contributed by atoms with Gasteiger partial charge in [-0.05, 0) is 30.0 Å². The summed E-state index contributed by atoms with van der Waals surface area (Å²) in [4.78, 5) is 1.07. The summed E-state index contributed by atoms with van der Waals surface area (Å²) in [6.07, 6.45) is 0. The predicted octanol–water partition coefficient (Wildman–Crippen LogP) is 3.46. The van der Waals surface area contributed by atoms with Crippen LogP contribution in [0.2, 0.25) is 0 Å². The van der Waals surface area contributed by atoms with Crippen molar-refractivity contribution in [3.8, 4) is 0 Å². The zero-order chi connectivity index (χ0) is 13.3. The minimum atomic E-state index is -4.18. The second kappa shape index (κ2) is 4.84. The smallest absolute Gasteiger partial charge is 0.282 e. The molecule has 1 aromatic heterocycles. The Bertz CT molecular complexity index is 643. The molecule has 5 heteroatoms. The fraction of sp³-hybridized carbons (Fsp3) is 0.231. The summed E-state index contributed by atoms with van der Waals surface area (Å²) in [5.74, 6) is -0.0539. The van der Waals surface area contributed by atoms with E-state index in [0.717, 1.165) is 10.4 Å². The van der Waals surface area contributed by atoms with Crippen molar-refractivity contribution in [2.24, 2.45) is 0 Å². The van der Waals surface area contributed by atoms with Gasteiger partial charge in [0.1, 0.15) is 0 Å². The van der Waals surface area contributed by atoms with E-state index in [1.54, 1.807) is 17.4 Å². The zero-order valence-electron chi connectivity index (χ0n) is 10.1. The fourth-order valence-corrected chi connectivity index (χ4v) is 3.51. The molecule has 18 heavy (non-hydrogen) atoms. The van der Waals surface area contributed by atoms with E-state index in [9.17, 15) is 13.0 Å². The first-order valence-corrected chi connectivity index (χ1v) is 7.83. The Kier molecular flexibility index (Phi) is 3.56. The van der Waals surface area contributed by atoms with Crippen molar-refractivity contribution in [2.75, 3.05) is 0 Å². The lowest BCUT2D eigenvalue weighted by Gasteiger charge is -2.14. The number of benzene rings is 1. The molecule has 1 N–H and O–H groups in total. The average molecular weight is 282 g/mol. The van der Waals surface area contributed by atoms with Crippen LogP contribution in [0.4, 0.5) is 0 Å². The van der Waals surface area contributed by atoms with Gasteiger partial charge in [-0.15, -0.1) is 11.3 Å². The Labute approximate surface area is 111 Å². The van der Waals surface area contributed by atoms with Crippen LogP contribution in [0.25, 0.3) is 0 Å². The third kappa shape index (κ3) is 2.63. The van der Waals surface area contributed by atoms with Gasteiger partial charge in [-0.1, -0.05) is 30.7 Å². The van der Waals surface area contributed by atoms with Crippen LogP contribution >= 0.6 is 11.3 Å². The van der Waals surface area contributed by atoms with Crippen LogP contribution in [0.5, 0.6) is 0 Å². The minimum absolute atomic E-state index is 0.00556. The Morgan fingerprint density at radius 2 is 2.00 bits per heavy atom. The molecule has 96 valence electrons. The van der Waals surface area contributed by atoms with E-state index < -0.39 is 10.1 Å². The molecule has 0 amide bonds. The van der Waals surface area contributed by atoms with Crippen molar-refractivity contribution in [3.05, 3.63) is 51.7 Å². The molecule has 0 aliphatic carbocycles. The summed E-state index contributed by atoms with van der Waals surface area (Å²) in [6.45, 7) is 3.84. The molecule has 0 aliphatic heterocycles. The molecule has 0 saturated carbocycles. The van der Waals surface area contributed by atoms with E-state index >= 15 is 0 Å². The Hall–Kier alpha value is -1.17. The van der Waals surface area contributed by atoms with E-state index in [1.165, 1.54) is 6.07 Å². The normalized spacial score (nSPS) is 13.5. The van der Waals surface area contributed by atoms with Crippen molar-refractivity contribution in [1.29, 1.82) is 0 Å². The molecule has 2 aromatic rings. The molecule has 1 atom stereocenters. The van der Waals surface area contributed by atoms with Gasteiger partial charge in [0, 0.05) is 10.8 Å².